The lowest BCUT2D eigenvalue weighted by atomic mass is 9.90. The van der Waals surface area contributed by atoms with Gasteiger partial charge in [-0.15, -0.1) is 0 Å². The zero-order chi connectivity index (χ0) is 27.7. The van der Waals surface area contributed by atoms with E-state index in [0.29, 0.717) is 12.6 Å². The number of anilines is 1. The Bertz CT molecular complexity index is 899. The summed E-state index contributed by atoms with van der Waals surface area (Å²) in [6, 6.07) is 8.66. The summed E-state index contributed by atoms with van der Waals surface area (Å²) in [6.07, 6.45) is 4.10. The molecule has 212 valence electrons. The Morgan fingerprint density at radius 1 is 0.895 bits per heavy atom. The minimum atomic E-state index is -2.27. The van der Waals surface area contributed by atoms with Gasteiger partial charge in [-0.25, -0.2) is 9.59 Å². The highest BCUT2D eigenvalue weighted by Crippen LogP contribution is 2.29. The second-order valence-corrected chi connectivity index (χ2v) is 10.0. The van der Waals surface area contributed by atoms with E-state index in [2.05, 4.69) is 15.1 Å². The Labute approximate surface area is 221 Å². The molecule has 2 unspecified atom stereocenters. The third-order valence-electron chi connectivity index (χ3n) is 7.37. The van der Waals surface area contributed by atoms with Crippen LogP contribution >= 0.6 is 0 Å². The molecular weight excluding hydrogens is 498 g/mol. The number of amides is 1. The first-order valence-electron chi connectivity index (χ1n) is 13.1. The van der Waals surface area contributed by atoms with Crippen LogP contribution in [0.15, 0.2) is 24.3 Å². The van der Waals surface area contributed by atoms with E-state index in [1.807, 2.05) is 24.3 Å². The Hall–Kier alpha value is -2.77. The van der Waals surface area contributed by atoms with Crippen molar-refractivity contribution in [1.29, 1.82) is 0 Å². The molecule has 3 atom stereocenters. The summed E-state index contributed by atoms with van der Waals surface area (Å²) in [4.78, 5) is 36.5. The van der Waals surface area contributed by atoms with Crippen molar-refractivity contribution in [1.82, 2.24) is 9.80 Å². The molecule has 1 amide bonds. The number of nitrogens with zero attached hydrogens (tertiary/aromatic N) is 2. The van der Waals surface area contributed by atoms with Crippen molar-refractivity contribution in [3.8, 4) is 5.75 Å². The molecule has 4 rings (SSSR count). The number of rotatable bonds is 10. The first-order valence-corrected chi connectivity index (χ1v) is 13.1. The SMILES string of the molecule is O=C(CN1CCC[C@@H]1CO)Nc1ccc(OC2CCN(C3CCC3)CC2)cc1.O=C(O)C(O)C(O)C(=O)O. The molecule has 1 aromatic carbocycles. The molecule has 38 heavy (non-hydrogen) atoms. The van der Waals surface area contributed by atoms with Gasteiger partial charge in [0.1, 0.15) is 11.9 Å². The summed E-state index contributed by atoms with van der Waals surface area (Å²) in [5.41, 5.74) is 0.789. The molecule has 0 aromatic heterocycles. The highest BCUT2D eigenvalue weighted by molar-refractivity contribution is 5.92. The molecule has 0 spiro atoms. The van der Waals surface area contributed by atoms with Gasteiger partial charge in [0.05, 0.1) is 13.2 Å². The number of carboxylic acid groups (broad SMARTS) is 2. The van der Waals surface area contributed by atoms with Gasteiger partial charge >= 0.3 is 11.9 Å². The number of carbonyl (C=O) groups excluding carboxylic acids is 1. The van der Waals surface area contributed by atoms with Gasteiger partial charge in [-0.1, -0.05) is 6.42 Å². The summed E-state index contributed by atoms with van der Waals surface area (Å²) < 4.78 is 6.16. The van der Waals surface area contributed by atoms with Crippen LogP contribution in [0.25, 0.3) is 0 Å². The number of hydrogen-bond donors (Lipinski definition) is 6. The van der Waals surface area contributed by atoms with Gasteiger partial charge in [-0.3, -0.25) is 9.69 Å². The maximum Gasteiger partial charge on any atom is 0.335 e. The molecule has 3 fully saturated rings. The molecule has 2 heterocycles. The van der Waals surface area contributed by atoms with Crippen molar-refractivity contribution in [2.45, 2.75) is 75.3 Å². The van der Waals surface area contributed by atoms with Crippen LogP contribution in [-0.2, 0) is 14.4 Å². The molecule has 2 saturated heterocycles. The second kappa shape index (κ2) is 14.4. The summed E-state index contributed by atoms with van der Waals surface area (Å²) in [5, 5.41) is 44.8. The average molecular weight is 538 g/mol. The summed E-state index contributed by atoms with van der Waals surface area (Å²) in [5.74, 6) is -2.69. The molecule has 1 aliphatic carbocycles. The van der Waals surface area contributed by atoms with Gasteiger partial charge in [0, 0.05) is 30.9 Å². The predicted molar refractivity (Wildman–Crippen MR) is 137 cm³/mol. The Morgan fingerprint density at radius 3 is 2.00 bits per heavy atom. The van der Waals surface area contributed by atoms with E-state index in [0.717, 1.165) is 62.8 Å². The van der Waals surface area contributed by atoms with Crippen LogP contribution < -0.4 is 10.1 Å². The molecule has 0 radical (unpaired) electrons. The lowest BCUT2D eigenvalue weighted by Crippen LogP contribution is -2.46. The minimum Gasteiger partial charge on any atom is -0.490 e. The summed E-state index contributed by atoms with van der Waals surface area (Å²) in [6.45, 7) is 3.64. The van der Waals surface area contributed by atoms with E-state index in [1.54, 1.807) is 0 Å². The number of nitrogens with one attached hydrogen (secondary N) is 1. The van der Waals surface area contributed by atoms with E-state index in [-0.39, 0.29) is 18.6 Å². The fraction of sp³-hybridized carbons (Fsp3) is 0.654. The predicted octanol–water partition coefficient (Wildman–Crippen LogP) is 0.355. The first kappa shape index (κ1) is 29.8. The number of benzene rings is 1. The number of ether oxygens (including phenoxy) is 1. The molecule has 12 nitrogen and oxygen atoms in total. The Morgan fingerprint density at radius 2 is 1.50 bits per heavy atom. The smallest absolute Gasteiger partial charge is 0.335 e. The van der Waals surface area contributed by atoms with Gasteiger partial charge in [-0.05, 0) is 69.3 Å². The van der Waals surface area contributed by atoms with E-state index >= 15 is 0 Å². The largest absolute Gasteiger partial charge is 0.490 e. The quantitative estimate of drug-likeness (QED) is 0.242. The van der Waals surface area contributed by atoms with Gasteiger partial charge < -0.3 is 40.5 Å². The van der Waals surface area contributed by atoms with E-state index in [4.69, 9.17) is 25.2 Å². The van der Waals surface area contributed by atoms with Gasteiger partial charge in [0.2, 0.25) is 5.91 Å². The van der Waals surface area contributed by atoms with E-state index < -0.39 is 24.1 Å². The molecule has 1 aromatic rings. The molecular formula is C26H39N3O9. The molecule has 0 bridgehead atoms. The third kappa shape index (κ3) is 8.63. The van der Waals surface area contributed by atoms with Crippen molar-refractivity contribution >= 4 is 23.5 Å². The standard InChI is InChI=1S/C22H33N3O3.C4H6O6/c26-16-19-5-2-12-25(19)15-22(27)23-17-6-8-20(9-7-17)28-21-10-13-24(14-11-21)18-3-1-4-18;5-1(3(7)8)2(6)4(9)10/h6-9,18-19,21,26H,1-5,10-16H2,(H,23,27);1-2,5-6H,(H,7,8)(H,9,10)/t19-;/m1./s1. The summed E-state index contributed by atoms with van der Waals surface area (Å²) >= 11 is 0. The lowest BCUT2D eigenvalue weighted by molar-refractivity contribution is -0.165. The molecule has 3 aliphatic rings. The lowest BCUT2D eigenvalue weighted by Gasteiger charge is -2.41. The van der Waals surface area contributed by atoms with Crippen molar-refractivity contribution < 1.29 is 44.7 Å². The van der Waals surface area contributed by atoms with Crippen LogP contribution in [0.5, 0.6) is 5.75 Å². The fourth-order valence-corrected chi connectivity index (χ4v) is 4.89. The average Bonchev–Trinajstić information content (AvgIpc) is 3.31. The highest BCUT2D eigenvalue weighted by Gasteiger charge is 2.30. The van der Waals surface area contributed by atoms with Crippen LogP contribution in [0.1, 0.15) is 44.9 Å². The maximum absolute atomic E-state index is 12.3. The van der Waals surface area contributed by atoms with E-state index in [9.17, 15) is 19.5 Å². The number of likely N-dealkylation sites (tertiary alicyclic amines) is 2. The van der Waals surface area contributed by atoms with Crippen molar-refractivity contribution in [2.75, 3.05) is 38.1 Å². The number of aliphatic hydroxyl groups excluding tert-OH is 3. The second-order valence-electron chi connectivity index (χ2n) is 10.0. The molecule has 1 saturated carbocycles. The molecule has 2 aliphatic heterocycles. The molecule has 6 N–H and O–H groups in total. The van der Waals surface area contributed by atoms with Crippen LogP contribution in [0, 0.1) is 0 Å². The summed E-state index contributed by atoms with van der Waals surface area (Å²) in [7, 11) is 0. The number of piperidine rings is 1. The normalized spacial score (nSPS) is 22.4. The van der Waals surface area contributed by atoms with Gasteiger partial charge in [-0.2, -0.15) is 0 Å². The number of carboxylic acids is 2. The number of aliphatic hydroxyl groups is 3. The maximum atomic E-state index is 12.3. The monoisotopic (exact) mass is 537 g/mol. The van der Waals surface area contributed by atoms with Crippen LogP contribution in [-0.4, -0.2) is 116 Å². The number of aliphatic carboxylic acids is 2. The van der Waals surface area contributed by atoms with Crippen LogP contribution in [0.2, 0.25) is 0 Å². The van der Waals surface area contributed by atoms with Crippen molar-refractivity contribution in [3.63, 3.8) is 0 Å². The first-order chi connectivity index (χ1) is 18.2. The third-order valence-corrected chi connectivity index (χ3v) is 7.37. The number of carbonyl (C=O) groups is 3. The van der Waals surface area contributed by atoms with Crippen LogP contribution in [0.4, 0.5) is 5.69 Å². The minimum absolute atomic E-state index is 0.0302. The Balaban J connectivity index is 0.000000342. The zero-order valence-corrected chi connectivity index (χ0v) is 21.4. The highest BCUT2D eigenvalue weighted by atomic mass is 16.5. The number of hydrogen-bond acceptors (Lipinski definition) is 9. The van der Waals surface area contributed by atoms with Crippen molar-refractivity contribution in [2.24, 2.45) is 0 Å². The fourth-order valence-electron chi connectivity index (χ4n) is 4.89. The van der Waals surface area contributed by atoms with Crippen molar-refractivity contribution in [3.05, 3.63) is 24.3 Å². The van der Waals surface area contributed by atoms with Gasteiger partial charge in [0.15, 0.2) is 12.2 Å². The topological polar surface area (TPSA) is 180 Å². The Kier molecular flexibility index (Phi) is 11.3. The van der Waals surface area contributed by atoms with E-state index in [1.165, 1.54) is 19.3 Å². The van der Waals surface area contributed by atoms with Gasteiger partial charge in [0.25, 0.3) is 0 Å². The zero-order valence-electron chi connectivity index (χ0n) is 21.4. The van der Waals surface area contributed by atoms with Crippen LogP contribution in [0.3, 0.4) is 0 Å². The molecule has 12 heteroatoms.